The molecule has 0 amide bonds. The second kappa shape index (κ2) is 5.00. The molecule has 3 N–H and O–H groups in total. The lowest BCUT2D eigenvalue weighted by atomic mass is 10.2. The molecule has 21 heavy (non-hydrogen) atoms. The fourth-order valence-corrected chi connectivity index (χ4v) is 1.77. The van der Waals surface area contributed by atoms with Crippen molar-refractivity contribution in [2.24, 2.45) is 0 Å². The molecule has 104 valence electrons. The predicted molar refractivity (Wildman–Crippen MR) is 73.8 cm³/mol. The second-order valence-electron chi connectivity index (χ2n) is 4.21. The number of benzene rings is 1. The maximum Gasteiger partial charge on any atom is 0.337 e. The average Bonchev–Trinajstić information content (AvgIpc) is 2.97. The van der Waals surface area contributed by atoms with E-state index in [1.54, 1.807) is 0 Å². The Hall–Kier alpha value is -3.29. The topological polar surface area (TPSA) is 120 Å². The van der Waals surface area contributed by atoms with Gasteiger partial charge in [-0.15, -0.1) is 15.0 Å². The number of anilines is 1. The van der Waals surface area contributed by atoms with Gasteiger partial charge < -0.3 is 10.8 Å². The molecule has 0 aliphatic carbocycles. The van der Waals surface area contributed by atoms with Crippen LogP contribution in [0.4, 0.5) is 5.69 Å². The zero-order valence-electron chi connectivity index (χ0n) is 10.7. The van der Waals surface area contributed by atoms with Crippen molar-refractivity contribution in [1.29, 1.82) is 0 Å². The van der Waals surface area contributed by atoms with Crippen LogP contribution < -0.4 is 5.73 Å². The van der Waals surface area contributed by atoms with Crippen LogP contribution in [0.25, 0.3) is 17.2 Å². The molecular formula is C13H10N6O2. The first-order valence-corrected chi connectivity index (χ1v) is 6.00. The minimum absolute atomic E-state index is 0.000326. The van der Waals surface area contributed by atoms with Crippen molar-refractivity contribution >= 4 is 11.7 Å². The number of nitrogens with zero attached hydrogens (tertiary/aromatic N) is 5. The van der Waals surface area contributed by atoms with Gasteiger partial charge in [0.1, 0.15) is 0 Å². The molecule has 0 aliphatic heterocycles. The van der Waals surface area contributed by atoms with Crippen molar-refractivity contribution in [1.82, 2.24) is 25.2 Å². The summed E-state index contributed by atoms with van der Waals surface area (Å²) >= 11 is 0. The lowest BCUT2D eigenvalue weighted by molar-refractivity contribution is 0.0696. The lowest BCUT2D eigenvalue weighted by Crippen LogP contribution is -2.08. The largest absolute Gasteiger partial charge is 0.478 e. The predicted octanol–water partition coefficient (Wildman–Crippen LogP) is 1.00. The number of nitrogens with two attached hydrogens (primary N) is 1. The summed E-state index contributed by atoms with van der Waals surface area (Å²) in [4.78, 5) is 16.0. The molecule has 0 atom stereocenters. The smallest absolute Gasteiger partial charge is 0.337 e. The van der Waals surface area contributed by atoms with Crippen molar-refractivity contribution in [2.75, 3.05) is 5.73 Å². The first kappa shape index (κ1) is 12.7. The van der Waals surface area contributed by atoms with Crippen LogP contribution in [0.15, 0.2) is 42.6 Å². The third-order valence-electron chi connectivity index (χ3n) is 2.78. The Labute approximate surface area is 118 Å². The Morgan fingerprint density at radius 2 is 2.00 bits per heavy atom. The molecule has 0 radical (unpaired) electrons. The summed E-state index contributed by atoms with van der Waals surface area (Å²) in [6, 6.07) is 10.6. The second-order valence-corrected chi connectivity index (χ2v) is 4.21. The number of rotatable bonds is 3. The molecule has 0 saturated heterocycles. The zero-order chi connectivity index (χ0) is 14.8. The summed E-state index contributed by atoms with van der Waals surface area (Å²) in [6.45, 7) is 0. The van der Waals surface area contributed by atoms with Crippen molar-refractivity contribution in [3.05, 3.63) is 48.2 Å². The molecule has 2 heterocycles. The lowest BCUT2D eigenvalue weighted by Gasteiger charge is -2.02. The van der Waals surface area contributed by atoms with E-state index in [-0.39, 0.29) is 17.1 Å². The van der Waals surface area contributed by atoms with Crippen molar-refractivity contribution in [3.63, 3.8) is 0 Å². The third-order valence-corrected chi connectivity index (χ3v) is 2.78. The molecule has 0 spiro atoms. The van der Waals surface area contributed by atoms with Gasteiger partial charge in [0, 0.05) is 11.8 Å². The number of aromatic carboxylic acids is 1. The summed E-state index contributed by atoms with van der Waals surface area (Å²) in [5.74, 6) is -0.439. The third kappa shape index (κ3) is 2.41. The summed E-state index contributed by atoms with van der Waals surface area (Å²) in [5, 5.41) is 20.9. The summed E-state index contributed by atoms with van der Waals surface area (Å²) in [7, 11) is 0. The van der Waals surface area contributed by atoms with Crippen LogP contribution in [0.2, 0.25) is 0 Å². The Bertz CT molecular complexity index is 799. The molecule has 0 aliphatic rings. The van der Waals surface area contributed by atoms with Crippen LogP contribution in [0.1, 0.15) is 10.4 Å². The molecule has 3 aromatic rings. The van der Waals surface area contributed by atoms with E-state index in [2.05, 4.69) is 20.4 Å². The highest BCUT2D eigenvalue weighted by Crippen LogP contribution is 2.17. The number of tetrazole rings is 1. The quantitative estimate of drug-likeness (QED) is 0.735. The van der Waals surface area contributed by atoms with Gasteiger partial charge in [-0.3, -0.25) is 0 Å². The molecule has 2 aromatic heterocycles. The highest BCUT2D eigenvalue weighted by molar-refractivity contribution is 5.88. The van der Waals surface area contributed by atoms with Crippen molar-refractivity contribution in [3.8, 4) is 17.2 Å². The van der Waals surface area contributed by atoms with Gasteiger partial charge in [-0.25, -0.2) is 9.78 Å². The van der Waals surface area contributed by atoms with Crippen molar-refractivity contribution in [2.45, 2.75) is 0 Å². The first-order chi connectivity index (χ1) is 10.1. The number of carboxylic acid groups (broad SMARTS) is 1. The standard InChI is InChI=1S/C13H10N6O2/c14-10-6-9(13(20)21)7-15-12(10)19-17-11(16-18-19)8-4-2-1-3-5-8/h1-7H,14H2,(H,20,21). The van der Waals surface area contributed by atoms with Crippen LogP contribution in [0, 0.1) is 0 Å². The minimum atomic E-state index is -1.10. The molecule has 1 aromatic carbocycles. The molecule has 0 saturated carbocycles. The molecular weight excluding hydrogens is 272 g/mol. The maximum atomic E-state index is 10.8. The van der Waals surface area contributed by atoms with E-state index in [1.165, 1.54) is 17.1 Å². The van der Waals surface area contributed by atoms with E-state index in [9.17, 15) is 4.79 Å². The van der Waals surface area contributed by atoms with Gasteiger partial charge in [-0.1, -0.05) is 30.3 Å². The van der Waals surface area contributed by atoms with Crippen LogP contribution in [-0.2, 0) is 0 Å². The van der Waals surface area contributed by atoms with Crippen LogP contribution in [-0.4, -0.2) is 36.3 Å². The van der Waals surface area contributed by atoms with Gasteiger partial charge in [-0.2, -0.15) is 0 Å². The molecule has 0 bridgehead atoms. The Kier molecular flexibility index (Phi) is 3.03. The van der Waals surface area contributed by atoms with Crippen molar-refractivity contribution < 1.29 is 9.90 Å². The van der Waals surface area contributed by atoms with E-state index in [0.29, 0.717) is 5.82 Å². The molecule has 3 rings (SSSR count). The van der Waals surface area contributed by atoms with Gasteiger partial charge in [-0.05, 0) is 11.3 Å². The van der Waals surface area contributed by atoms with Gasteiger partial charge in [0.05, 0.1) is 11.3 Å². The van der Waals surface area contributed by atoms with Gasteiger partial charge in [0.2, 0.25) is 5.82 Å². The van der Waals surface area contributed by atoms with E-state index in [0.717, 1.165) is 5.56 Å². The fourth-order valence-electron chi connectivity index (χ4n) is 1.77. The first-order valence-electron chi connectivity index (χ1n) is 6.00. The summed E-state index contributed by atoms with van der Waals surface area (Å²) in [5.41, 5.74) is 6.75. The van der Waals surface area contributed by atoms with E-state index >= 15 is 0 Å². The number of hydrogen-bond acceptors (Lipinski definition) is 6. The van der Waals surface area contributed by atoms with Crippen LogP contribution in [0.3, 0.4) is 0 Å². The van der Waals surface area contributed by atoms with Gasteiger partial charge in [0.15, 0.2) is 5.82 Å². The maximum absolute atomic E-state index is 10.8. The number of aromatic nitrogens is 5. The average molecular weight is 282 g/mol. The monoisotopic (exact) mass is 282 g/mol. The minimum Gasteiger partial charge on any atom is -0.478 e. The zero-order valence-corrected chi connectivity index (χ0v) is 10.7. The highest BCUT2D eigenvalue weighted by atomic mass is 16.4. The molecule has 0 fully saturated rings. The number of nitrogen functional groups attached to an aromatic ring is 1. The fraction of sp³-hybridized carbons (Fsp3) is 0. The van der Waals surface area contributed by atoms with E-state index in [4.69, 9.17) is 10.8 Å². The Balaban J connectivity index is 1.99. The molecule has 0 unspecified atom stereocenters. The molecule has 8 nitrogen and oxygen atoms in total. The Morgan fingerprint density at radius 3 is 2.67 bits per heavy atom. The van der Waals surface area contributed by atoms with Gasteiger partial charge >= 0.3 is 5.97 Å². The van der Waals surface area contributed by atoms with E-state index < -0.39 is 5.97 Å². The van der Waals surface area contributed by atoms with Crippen LogP contribution in [0.5, 0.6) is 0 Å². The summed E-state index contributed by atoms with van der Waals surface area (Å²) in [6.07, 6.45) is 1.19. The number of carbonyl (C=O) groups is 1. The Morgan fingerprint density at radius 1 is 1.24 bits per heavy atom. The van der Waals surface area contributed by atoms with Gasteiger partial charge in [0.25, 0.3) is 0 Å². The number of carboxylic acids is 1. The van der Waals surface area contributed by atoms with E-state index in [1.807, 2.05) is 30.3 Å². The normalized spacial score (nSPS) is 10.5. The van der Waals surface area contributed by atoms with Crippen LogP contribution >= 0.6 is 0 Å². The highest BCUT2D eigenvalue weighted by Gasteiger charge is 2.13. The SMILES string of the molecule is Nc1cc(C(=O)O)cnc1-n1nnc(-c2ccccc2)n1. The number of hydrogen-bond donors (Lipinski definition) is 2. The number of pyridine rings is 1. The summed E-state index contributed by atoms with van der Waals surface area (Å²) < 4.78 is 0. The molecule has 8 heteroatoms.